The number of benzene rings is 1. The van der Waals surface area contributed by atoms with E-state index in [4.69, 9.17) is 4.98 Å². The summed E-state index contributed by atoms with van der Waals surface area (Å²) in [5, 5.41) is 8.34. The molecule has 1 fully saturated rings. The lowest BCUT2D eigenvalue weighted by atomic mass is 9.93. The van der Waals surface area contributed by atoms with Crippen molar-refractivity contribution in [3.63, 3.8) is 0 Å². The van der Waals surface area contributed by atoms with Crippen molar-refractivity contribution in [3.05, 3.63) is 83.8 Å². The van der Waals surface area contributed by atoms with Gasteiger partial charge < -0.3 is 10.2 Å². The highest BCUT2D eigenvalue weighted by molar-refractivity contribution is 7.13. The maximum atomic E-state index is 12.8. The molecule has 1 N–H and O–H groups in total. The number of carbonyl (C=O) groups excluding carboxylic acids is 1. The zero-order chi connectivity index (χ0) is 21.8. The molecule has 0 unspecified atom stereocenters. The van der Waals surface area contributed by atoms with E-state index in [2.05, 4.69) is 33.5 Å². The van der Waals surface area contributed by atoms with Crippen molar-refractivity contribution >= 4 is 45.0 Å². The zero-order valence-electron chi connectivity index (χ0n) is 17.5. The van der Waals surface area contributed by atoms with Crippen molar-refractivity contribution in [2.24, 2.45) is 0 Å². The highest BCUT2D eigenvalue weighted by atomic mass is 32.1. The van der Waals surface area contributed by atoms with Crippen LogP contribution in [-0.2, 0) is 4.79 Å². The second kappa shape index (κ2) is 9.28. The molecular formula is C25H23N5OS. The first-order chi connectivity index (χ1) is 15.8. The van der Waals surface area contributed by atoms with Gasteiger partial charge in [0.25, 0.3) is 0 Å². The smallest absolute Gasteiger partial charge is 0.246 e. The number of hydrogen-bond donors (Lipinski definition) is 1. The number of thiazole rings is 1. The molecule has 1 amide bonds. The molecule has 4 heterocycles. The summed E-state index contributed by atoms with van der Waals surface area (Å²) in [7, 11) is 0. The fourth-order valence-corrected chi connectivity index (χ4v) is 4.60. The van der Waals surface area contributed by atoms with Crippen LogP contribution in [0.3, 0.4) is 0 Å². The normalized spacial score (nSPS) is 16.5. The van der Waals surface area contributed by atoms with Crippen LogP contribution >= 0.6 is 11.3 Å². The molecule has 1 aromatic carbocycles. The lowest BCUT2D eigenvalue weighted by Crippen LogP contribution is -2.38. The number of pyridine rings is 2. The summed E-state index contributed by atoms with van der Waals surface area (Å²) in [6, 6.07) is 14.2. The Morgan fingerprint density at radius 2 is 2.12 bits per heavy atom. The molecule has 32 heavy (non-hydrogen) atoms. The van der Waals surface area contributed by atoms with E-state index in [0.717, 1.165) is 52.4 Å². The molecule has 0 saturated carbocycles. The first-order valence-corrected chi connectivity index (χ1v) is 11.6. The number of hydrogen-bond acceptors (Lipinski definition) is 6. The molecule has 3 aromatic heterocycles. The van der Waals surface area contributed by atoms with E-state index in [1.807, 2.05) is 40.6 Å². The topological polar surface area (TPSA) is 71.0 Å². The van der Waals surface area contributed by atoms with Crippen LogP contribution in [0, 0.1) is 0 Å². The summed E-state index contributed by atoms with van der Waals surface area (Å²) in [5.41, 5.74) is 1.93. The van der Waals surface area contributed by atoms with E-state index >= 15 is 0 Å². The third kappa shape index (κ3) is 4.53. The Hall–Kier alpha value is -3.58. The molecule has 6 nitrogen and oxygen atoms in total. The van der Waals surface area contributed by atoms with E-state index in [-0.39, 0.29) is 11.8 Å². The molecule has 1 aliphatic heterocycles. The Balaban J connectivity index is 1.38. The van der Waals surface area contributed by atoms with Gasteiger partial charge in [-0.05, 0) is 42.0 Å². The molecule has 0 spiro atoms. The number of nitrogens with zero attached hydrogens (tertiary/aromatic N) is 4. The maximum Gasteiger partial charge on any atom is 0.246 e. The van der Waals surface area contributed by atoms with Crippen molar-refractivity contribution in [2.75, 3.05) is 18.4 Å². The predicted octanol–water partition coefficient (Wildman–Crippen LogP) is 5.25. The fourth-order valence-electron chi connectivity index (χ4n) is 4.08. The third-order valence-corrected chi connectivity index (χ3v) is 6.36. The third-order valence-electron chi connectivity index (χ3n) is 5.67. The number of nitrogens with one attached hydrogen (secondary N) is 1. The lowest BCUT2D eigenvalue weighted by Gasteiger charge is -2.32. The molecule has 1 saturated heterocycles. The molecule has 0 bridgehead atoms. The average Bonchev–Trinajstić information content (AvgIpc) is 3.36. The van der Waals surface area contributed by atoms with Crippen molar-refractivity contribution in [3.8, 4) is 0 Å². The van der Waals surface area contributed by atoms with Gasteiger partial charge in [-0.2, -0.15) is 0 Å². The number of fused-ring (bicyclic) bond motifs is 1. The predicted molar refractivity (Wildman–Crippen MR) is 129 cm³/mol. The van der Waals surface area contributed by atoms with Gasteiger partial charge in [0.05, 0.1) is 0 Å². The minimum atomic E-state index is 0.0282. The van der Waals surface area contributed by atoms with Crippen molar-refractivity contribution < 1.29 is 4.79 Å². The van der Waals surface area contributed by atoms with E-state index in [1.54, 1.807) is 36.0 Å². The van der Waals surface area contributed by atoms with Crippen LogP contribution in [0.4, 0.5) is 10.9 Å². The van der Waals surface area contributed by atoms with Gasteiger partial charge in [0.15, 0.2) is 5.13 Å². The van der Waals surface area contributed by atoms with E-state index in [9.17, 15) is 4.79 Å². The Bertz CT molecular complexity index is 1240. The van der Waals surface area contributed by atoms with Gasteiger partial charge >= 0.3 is 0 Å². The standard InChI is InChI=1S/C25H23N5OS/c31-23(10-9-18-5-3-11-26-16-18)30-13-4-7-20(17-30)22-15-19-6-1-2-8-21(19)24(28-22)29-25-27-12-14-32-25/h1-3,5-6,8-12,14-16,20H,4,7,13,17H2,(H,27,28,29)/b10-9+/t20-/m1/s1. The van der Waals surface area contributed by atoms with Gasteiger partial charge in [-0.3, -0.25) is 9.78 Å². The summed E-state index contributed by atoms with van der Waals surface area (Å²) in [6.45, 7) is 1.43. The van der Waals surface area contributed by atoms with Crippen molar-refractivity contribution in [1.29, 1.82) is 0 Å². The van der Waals surface area contributed by atoms with E-state index in [1.165, 1.54) is 0 Å². The first kappa shape index (κ1) is 20.3. The van der Waals surface area contributed by atoms with Crippen LogP contribution in [0.25, 0.3) is 16.8 Å². The molecule has 160 valence electrons. The van der Waals surface area contributed by atoms with Crippen molar-refractivity contribution in [1.82, 2.24) is 19.9 Å². The number of amides is 1. The molecule has 7 heteroatoms. The fraction of sp³-hybridized carbons (Fsp3) is 0.200. The van der Waals surface area contributed by atoms with Crippen LogP contribution in [0.2, 0.25) is 0 Å². The minimum absolute atomic E-state index is 0.0282. The number of aromatic nitrogens is 3. The summed E-state index contributed by atoms with van der Waals surface area (Å²) in [5.74, 6) is 1.04. The molecule has 0 aliphatic carbocycles. The van der Waals surface area contributed by atoms with E-state index < -0.39 is 0 Å². The first-order valence-electron chi connectivity index (χ1n) is 10.7. The number of likely N-dealkylation sites (tertiary alicyclic amines) is 1. The SMILES string of the molecule is O=C(/C=C/c1cccnc1)N1CCC[C@@H](c2cc3ccccc3c(Nc3nccs3)n2)C1. The van der Waals surface area contributed by atoms with Gasteiger partial charge in [0.1, 0.15) is 5.82 Å². The van der Waals surface area contributed by atoms with Gasteiger partial charge in [0.2, 0.25) is 5.91 Å². The Morgan fingerprint density at radius 3 is 2.97 bits per heavy atom. The van der Waals surface area contributed by atoms with Crippen LogP contribution in [0.1, 0.15) is 30.0 Å². The van der Waals surface area contributed by atoms with Gasteiger partial charge in [-0.15, -0.1) is 11.3 Å². The largest absolute Gasteiger partial charge is 0.338 e. The monoisotopic (exact) mass is 441 g/mol. The van der Waals surface area contributed by atoms with Crippen LogP contribution in [-0.4, -0.2) is 38.8 Å². The van der Waals surface area contributed by atoms with Crippen molar-refractivity contribution in [2.45, 2.75) is 18.8 Å². The second-order valence-electron chi connectivity index (χ2n) is 7.82. The molecule has 1 atom stereocenters. The van der Waals surface area contributed by atoms with Gasteiger partial charge in [-0.25, -0.2) is 9.97 Å². The molecule has 4 aromatic rings. The number of anilines is 2. The maximum absolute atomic E-state index is 12.8. The molecule has 5 rings (SSSR count). The molecule has 1 aliphatic rings. The number of carbonyl (C=O) groups is 1. The average molecular weight is 442 g/mol. The lowest BCUT2D eigenvalue weighted by molar-refractivity contribution is -0.127. The number of piperidine rings is 1. The highest BCUT2D eigenvalue weighted by Crippen LogP contribution is 2.32. The summed E-state index contributed by atoms with van der Waals surface area (Å²) < 4.78 is 0. The zero-order valence-corrected chi connectivity index (χ0v) is 18.3. The van der Waals surface area contributed by atoms with Crippen LogP contribution in [0.15, 0.2) is 72.5 Å². The quantitative estimate of drug-likeness (QED) is 0.428. The van der Waals surface area contributed by atoms with Crippen LogP contribution < -0.4 is 5.32 Å². The summed E-state index contributed by atoms with van der Waals surface area (Å²) >= 11 is 1.55. The van der Waals surface area contributed by atoms with Gasteiger partial charge in [0, 0.05) is 60.1 Å². The Morgan fingerprint density at radius 1 is 1.19 bits per heavy atom. The minimum Gasteiger partial charge on any atom is -0.338 e. The molecular weight excluding hydrogens is 418 g/mol. The second-order valence-corrected chi connectivity index (χ2v) is 8.72. The Kier molecular flexibility index (Phi) is 5.89. The molecule has 0 radical (unpaired) electrons. The Labute approximate surface area is 190 Å². The van der Waals surface area contributed by atoms with Crippen LogP contribution in [0.5, 0.6) is 0 Å². The van der Waals surface area contributed by atoms with E-state index in [0.29, 0.717) is 6.54 Å². The summed E-state index contributed by atoms with van der Waals surface area (Å²) in [4.78, 5) is 28.2. The summed E-state index contributed by atoms with van der Waals surface area (Å²) in [6.07, 6.45) is 10.7. The van der Waals surface area contributed by atoms with Gasteiger partial charge in [-0.1, -0.05) is 30.3 Å². The number of rotatable bonds is 5. The highest BCUT2D eigenvalue weighted by Gasteiger charge is 2.25.